The van der Waals surface area contributed by atoms with E-state index in [0.29, 0.717) is 23.3 Å². The third-order valence-corrected chi connectivity index (χ3v) is 6.52. The van der Waals surface area contributed by atoms with E-state index in [-0.39, 0.29) is 27.5 Å². The Morgan fingerprint density at radius 2 is 1.71 bits per heavy atom. The molecular weight excluding hydrogens is 470 g/mol. The van der Waals surface area contributed by atoms with E-state index in [1.165, 1.54) is 36.4 Å². The zero-order chi connectivity index (χ0) is 25.0. The SMILES string of the molecule is CCOc1ccc(S(=O)(=O)Nc2ccc(C(=O)OC(C)c3nc4ccccc4c(=O)[nH]3)cc2)cc1. The largest absolute Gasteiger partial charge is 0.494 e. The van der Waals surface area contributed by atoms with Gasteiger partial charge in [-0.2, -0.15) is 0 Å². The van der Waals surface area contributed by atoms with Crippen LogP contribution in [0.2, 0.25) is 0 Å². The standard InChI is InChI=1S/C25H23N3O6S/c1-3-33-19-12-14-20(15-13-19)35(31,32)28-18-10-8-17(9-11-18)25(30)34-16(2)23-26-22-7-5-4-6-21(22)24(29)27-23/h4-16,28H,3H2,1-2H3,(H,26,27,29). The van der Waals surface area contributed by atoms with Gasteiger partial charge in [-0.05, 0) is 74.5 Å². The van der Waals surface area contributed by atoms with E-state index in [9.17, 15) is 18.0 Å². The summed E-state index contributed by atoms with van der Waals surface area (Å²) in [4.78, 5) is 31.9. The predicted molar refractivity (Wildman–Crippen MR) is 131 cm³/mol. The third kappa shape index (κ3) is 5.49. The van der Waals surface area contributed by atoms with Crippen molar-refractivity contribution in [2.24, 2.45) is 0 Å². The number of benzene rings is 3. The first-order valence-electron chi connectivity index (χ1n) is 10.8. The van der Waals surface area contributed by atoms with Crippen molar-refractivity contribution in [2.75, 3.05) is 11.3 Å². The maximum absolute atomic E-state index is 12.6. The normalized spacial score (nSPS) is 12.2. The third-order valence-electron chi connectivity index (χ3n) is 5.12. The number of nitrogens with zero attached hydrogens (tertiary/aromatic N) is 1. The fraction of sp³-hybridized carbons (Fsp3) is 0.160. The number of aromatic nitrogens is 2. The van der Waals surface area contributed by atoms with Gasteiger partial charge in [-0.1, -0.05) is 12.1 Å². The number of H-pyrrole nitrogens is 1. The molecule has 1 unspecified atom stereocenters. The molecule has 0 fully saturated rings. The number of anilines is 1. The number of ether oxygens (including phenoxy) is 2. The first-order chi connectivity index (χ1) is 16.8. The number of para-hydroxylation sites is 1. The zero-order valence-electron chi connectivity index (χ0n) is 19.0. The molecule has 1 heterocycles. The minimum absolute atomic E-state index is 0.0788. The number of aromatic amines is 1. The summed E-state index contributed by atoms with van der Waals surface area (Å²) in [7, 11) is -3.82. The molecule has 9 nitrogen and oxygen atoms in total. The summed E-state index contributed by atoms with van der Waals surface area (Å²) < 4.78 is 38.5. The Morgan fingerprint density at radius 1 is 1.03 bits per heavy atom. The number of nitrogens with one attached hydrogen (secondary N) is 2. The summed E-state index contributed by atoms with van der Waals surface area (Å²) in [5.74, 6) is 0.155. The second kappa shape index (κ2) is 9.98. The number of rotatable bonds is 8. The van der Waals surface area contributed by atoms with Crippen molar-refractivity contribution in [2.45, 2.75) is 24.8 Å². The summed E-state index contributed by atoms with van der Waals surface area (Å²) >= 11 is 0. The monoisotopic (exact) mass is 493 g/mol. The topological polar surface area (TPSA) is 127 Å². The van der Waals surface area contributed by atoms with Crippen LogP contribution in [0, 0.1) is 0 Å². The Labute approximate surface area is 201 Å². The highest BCUT2D eigenvalue weighted by Gasteiger charge is 2.18. The Hall–Kier alpha value is -4.18. The molecule has 0 amide bonds. The van der Waals surface area contributed by atoms with Crippen molar-refractivity contribution in [3.63, 3.8) is 0 Å². The highest BCUT2D eigenvalue weighted by Crippen LogP contribution is 2.21. The van der Waals surface area contributed by atoms with Crippen molar-refractivity contribution in [3.05, 3.63) is 94.5 Å². The van der Waals surface area contributed by atoms with Crippen LogP contribution in [0.3, 0.4) is 0 Å². The highest BCUT2D eigenvalue weighted by molar-refractivity contribution is 7.92. The molecule has 1 atom stereocenters. The second-order valence-corrected chi connectivity index (χ2v) is 9.29. The molecule has 0 saturated heterocycles. The van der Waals surface area contributed by atoms with Gasteiger partial charge in [0.1, 0.15) is 5.75 Å². The van der Waals surface area contributed by atoms with Crippen LogP contribution in [0.1, 0.15) is 36.1 Å². The lowest BCUT2D eigenvalue weighted by Gasteiger charge is -2.13. The molecule has 0 spiro atoms. The second-order valence-electron chi connectivity index (χ2n) is 7.60. The van der Waals surface area contributed by atoms with E-state index < -0.39 is 22.1 Å². The number of carbonyl (C=O) groups excluding carboxylic acids is 1. The van der Waals surface area contributed by atoms with Crippen LogP contribution in [-0.4, -0.2) is 31.0 Å². The van der Waals surface area contributed by atoms with Crippen LogP contribution < -0.4 is 15.0 Å². The molecule has 35 heavy (non-hydrogen) atoms. The number of hydrogen-bond donors (Lipinski definition) is 2. The van der Waals surface area contributed by atoms with Gasteiger partial charge in [0.15, 0.2) is 11.9 Å². The van der Waals surface area contributed by atoms with Crippen molar-refractivity contribution in [3.8, 4) is 5.75 Å². The van der Waals surface area contributed by atoms with E-state index in [1.807, 2.05) is 6.92 Å². The maximum atomic E-state index is 12.6. The number of esters is 1. The summed E-state index contributed by atoms with van der Waals surface area (Å²) in [6.45, 7) is 3.92. The molecule has 0 aliphatic heterocycles. The van der Waals surface area contributed by atoms with Crippen LogP contribution in [0.15, 0.2) is 82.5 Å². The lowest BCUT2D eigenvalue weighted by molar-refractivity contribution is 0.0320. The first kappa shape index (κ1) is 24.0. The molecule has 0 saturated carbocycles. The van der Waals surface area contributed by atoms with Crippen LogP contribution in [0.4, 0.5) is 5.69 Å². The zero-order valence-corrected chi connectivity index (χ0v) is 19.8. The van der Waals surface area contributed by atoms with Crippen LogP contribution in [0.5, 0.6) is 5.75 Å². The Kier molecular flexibility index (Phi) is 6.83. The van der Waals surface area contributed by atoms with Gasteiger partial charge in [0.2, 0.25) is 0 Å². The smallest absolute Gasteiger partial charge is 0.338 e. The molecule has 2 N–H and O–H groups in total. The van der Waals surface area contributed by atoms with Gasteiger partial charge in [-0.25, -0.2) is 18.2 Å². The van der Waals surface area contributed by atoms with Gasteiger partial charge in [-0.3, -0.25) is 9.52 Å². The number of carbonyl (C=O) groups is 1. The van der Waals surface area contributed by atoms with Gasteiger partial charge in [-0.15, -0.1) is 0 Å². The van der Waals surface area contributed by atoms with Gasteiger partial charge in [0.05, 0.1) is 28.0 Å². The van der Waals surface area contributed by atoms with Crippen LogP contribution in [-0.2, 0) is 14.8 Å². The number of fused-ring (bicyclic) bond motifs is 1. The van der Waals surface area contributed by atoms with E-state index in [2.05, 4.69) is 14.7 Å². The molecule has 3 aromatic carbocycles. The highest BCUT2D eigenvalue weighted by atomic mass is 32.2. The van der Waals surface area contributed by atoms with E-state index in [1.54, 1.807) is 43.3 Å². The fourth-order valence-corrected chi connectivity index (χ4v) is 4.41. The summed E-state index contributed by atoms with van der Waals surface area (Å²) in [6, 6.07) is 18.7. The quantitative estimate of drug-likeness (QED) is 0.355. The predicted octanol–water partition coefficient (Wildman–Crippen LogP) is 4.04. The van der Waals surface area contributed by atoms with Gasteiger partial charge in [0.25, 0.3) is 15.6 Å². The average Bonchev–Trinajstić information content (AvgIpc) is 2.85. The van der Waals surface area contributed by atoms with Crippen molar-refractivity contribution < 1.29 is 22.7 Å². The summed E-state index contributed by atoms with van der Waals surface area (Å²) in [5, 5.41) is 0.443. The van der Waals surface area contributed by atoms with E-state index in [0.717, 1.165) is 0 Å². The lowest BCUT2D eigenvalue weighted by atomic mass is 10.2. The van der Waals surface area contributed by atoms with Crippen LogP contribution >= 0.6 is 0 Å². The van der Waals surface area contributed by atoms with Gasteiger partial charge in [0, 0.05) is 5.69 Å². The van der Waals surface area contributed by atoms with E-state index >= 15 is 0 Å². The van der Waals surface area contributed by atoms with Crippen molar-refractivity contribution >= 4 is 32.6 Å². The van der Waals surface area contributed by atoms with Crippen molar-refractivity contribution in [1.82, 2.24) is 9.97 Å². The molecule has 0 radical (unpaired) electrons. The molecule has 0 aliphatic carbocycles. The minimum Gasteiger partial charge on any atom is -0.494 e. The van der Waals surface area contributed by atoms with Gasteiger partial charge < -0.3 is 14.5 Å². The maximum Gasteiger partial charge on any atom is 0.338 e. The molecule has 10 heteroatoms. The molecule has 1 aromatic heterocycles. The molecule has 0 aliphatic rings. The molecular formula is C25H23N3O6S. The Bertz CT molecular complexity index is 1510. The molecule has 180 valence electrons. The fourth-order valence-electron chi connectivity index (χ4n) is 3.35. The van der Waals surface area contributed by atoms with Crippen LogP contribution in [0.25, 0.3) is 10.9 Å². The molecule has 4 aromatic rings. The minimum atomic E-state index is -3.82. The Morgan fingerprint density at radius 3 is 2.40 bits per heavy atom. The molecule has 4 rings (SSSR count). The number of hydrogen-bond acceptors (Lipinski definition) is 7. The molecule has 0 bridgehead atoms. The van der Waals surface area contributed by atoms with E-state index in [4.69, 9.17) is 9.47 Å². The average molecular weight is 494 g/mol. The number of sulfonamides is 1. The lowest BCUT2D eigenvalue weighted by Crippen LogP contribution is -2.17. The van der Waals surface area contributed by atoms with Crippen molar-refractivity contribution in [1.29, 1.82) is 0 Å². The van der Waals surface area contributed by atoms with Gasteiger partial charge >= 0.3 is 5.97 Å². The first-order valence-corrected chi connectivity index (χ1v) is 12.3. The summed E-state index contributed by atoms with van der Waals surface area (Å²) in [5.41, 5.74) is 0.670. The summed E-state index contributed by atoms with van der Waals surface area (Å²) in [6.07, 6.45) is -0.808. The Balaban J connectivity index is 1.43.